The molecule has 0 aliphatic carbocycles. The van der Waals surface area contributed by atoms with Crippen molar-refractivity contribution in [1.82, 2.24) is 0 Å². The molecule has 0 saturated heterocycles. The van der Waals surface area contributed by atoms with E-state index in [1.807, 2.05) is 6.26 Å². The van der Waals surface area contributed by atoms with Gasteiger partial charge >= 0.3 is 15.2 Å². The number of hydrogen-bond donors (Lipinski definition) is 4. The Labute approximate surface area is 187 Å². The molecule has 0 aromatic heterocycles. The third kappa shape index (κ3) is 18.2. The maximum Gasteiger partial charge on any atom is 0.345 e. The monoisotopic (exact) mass is 489 g/mol. The molecule has 0 bridgehead atoms. The van der Waals surface area contributed by atoms with Crippen molar-refractivity contribution in [1.29, 1.82) is 0 Å². The van der Waals surface area contributed by atoms with Crippen LogP contribution >= 0.6 is 15.2 Å². The summed E-state index contributed by atoms with van der Waals surface area (Å²) < 4.78 is 22.7. The highest BCUT2D eigenvalue weighted by molar-refractivity contribution is 7.97. The van der Waals surface area contributed by atoms with Crippen LogP contribution in [0.3, 0.4) is 0 Å². The normalized spacial score (nSPS) is 13.8. The lowest BCUT2D eigenvalue weighted by Crippen LogP contribution is -2.23. The molecular formula is C21H47O6P2S+. The molecule has 0 spiro atoms. The molecule has 182 valence electrons. The van der Waals surface area contributed by atoms with Crippen molar-refractivity contribution in [3.63, 3.8) is 0 Å². The number of rotatable bonds is 21. The zero-order valence-corrected chi connectivity index (χ0v) is 21.8. The van der Waals surface area contributed by atoms with Crippen LogP contribution in [-0.4, -0.2) is 42.7 Å². The molecule has 4 N–H and O–H groups in total. The van der Waals surface area contributed by atoms with Gasteiger partial charge in [-0.25, -0.2) is 0 Å². The molecule has 9 heteroatoms. The van der Waals surface area contributed by atoms with E-state index >= 15 is 0 Å². The van der Waals surface area contributed by atoms with Crippen LogP contribution in [0.1, 0.15) is 110 Å². The van der Waals surface area contributed by atoms with Gasteiger partial charge in [-0.2, -0.15) is 0 Å². The molecule has 0 saturated carbocycles. The fourth-order valence-corrected chi connectivity index (χ4v) is 9.65. The van der Waals surface area contributed by atoms with Gasteiger partial charge in [-0.3, -0.25) is 9.13 Å². The van der Waals surface area contributed by atoms with Gasteiger partial charge in [0.25, 0.3) is 0 Å². The molecule has 0 aliphatic heterocycles. The minimum atomic E-state index is -4.78. The number of hydrogen-bond acceptors (Lipinski definition) is 2. The third-order valence-electron chi connectivity index (χ3n) is 5.56. The van der Waals surface area contributed by atoms with E-state index in [0.29, 0.717) is 0 Å². The zero-order valence-electron chi connectivity index (χ0n) is 19.2. The van der Waals surface area contributed by atoms with Crippen LogP contribution in [0, 0.1) is 0 Å². The van der Waals surface area contributed by atoms with Gasteiger partial charge in [-0.05, 0) is 23.7 Å². The maximum absolute atomic E-state index is 11.3. The second-order valence-corrected chi connectivity index (χ2v) is 14.9. The van der Waals surface area contributed by atoms with Crippen molar-refractivity contribution in [2.75, 3.05) is 17.8 Å². The van der Waals surface area contributed by atoms with Crippen LogP contribution in [0.4, 0.5) is 0 Å². The fourth-order valence-electron chi connectivity index (χ4n) is 3.62. The summed E-state index contributed by atoms with van der Waals surface area (Å²) in [5, 5.41) is -1.85. The Kier molecular flexibility index (Phi) is 18.5. The molecule has 0 amide bonds. The predicted molar refractivity (Wildman–Crippen MR) is 130 cm³/mol. The van der Waals surface area contributed by atoms with Gasteiger partial charge in [-0.15, -0.1) is 0 Å². The van der Waals surface area contributed by atoms with Gasteiger partial charge in [0.05, 0.1) is 6.26 Å². The van der Waals surface area contributed by atoms with E-state index < -0.39 is 31.5 Å². The molecule has 30 heavy (non-hydrogen) atoms. The lowest BCUT2D eigenvalue weighted by atomic mass is 10.0. The van der Waals surface area contributed by atoms with E-state index in [0.717, 1.165) is 25.0 Å². The van der Waals surface area contributed by atoms with Gasteiger partial charge in [0.15, 0.2) is 0 Å². The van der Waals surface area contributed by atoms with Crippen molar-refractivity contribution in [2.24, 2.45) is 0 Å². The molecule has 0 rings (SSSR count). The van der Waals surface area contributed by atoms with Crippen LogP contribution in [0.5, 0.6) is 0 Å². The van der Waals surface area contributed by atoms with Crippen LogP contribution < -0.4 is 0 Å². The van der Waals surface area contributed by atoms with E-state index in [4.69, 9.17) is 0 Å². The van der Waals surface area contributed by atoms with E-state index in [9.17, 15) is 28.7 Å². The largest absolute Gasteiger partial charge is 0.345 e. The van der Waals surface area contributed by atoms with Crippen molar-refractivity contribution < 1.29 is 28.7 Å². The smallest absolute Gasteiger partial charge is 0.324 e. The van der Waals surface area contributed by atoms with Crippen molar-refractivity contribution in [2.45, 2.75) is 115 Å². The van der Waals surface area contributed by atoms with Gasteiger partial charge in [-0.1, -0.05) is 96.8 Å². The first-order valence-corrected chi connectivity index (χ1v) is 17.1. The molecule has 0 aromatic rings. The molecule has 1 unspecified atom stereocenters. The van der Waals surface area contributed by atoms with Gasteiger partial charge < -0.3 is 19.6 Å². The Morgan fingerprint density at radius 3 is 1.20 bits per heavy atom. The second-order valence-electron chi connectivity index (χ2n) is 8.61. The SMILES string of the molecule is CCCCCCCCCCCCCCCCCC[S+](C)CC(P(=O)(O)O)P(=O)(O)O. The third-order valence-corrected chi connectivity index (χ3v) is 11.7. The standard InChI is InChI=1S/C21H46O6P2S/c1-3-4-5-6-7-8-9-10-11-12-13-14-15-16-17-18-19-30(2)20-21(28(22,23)24)29(25,26)27/h21H,3-20H2,1-2H3,(H3-,22,23,24,25,26,27)/p+1. The minimum absolute atomic E-state index is 0.104. The first-order chi connectivity index (χ1) is 14.1. The lowest BCUT2D eigenvalue weighted by molar-refractivity contribution is 0.342. The van der Waals surface area contributed by atoms with Crippen LogP contribution in [0.2, 0.25) is 0 Å². The Bertz CT molecular complexity index is 472. The maximum atomic E-state index is 11.3. The van der Waals surface area contributed by atoms with Crippen LogP contribution in [-0.2, 0) is 20.0 Å². The summed E-state index contributed by atoms with van der Waals surface area (Å²) in [6, 6.07) is 0. The molecule has 0 fully saturated rings. The predicted octanol–water partition coefficient (Wildman–Crippen LogP) is 6.18. The number of unbranched alkanes of at least 4 members (excludes halogenated alkanes) is 15. The highest BCUT2D eigenvalue weighted by Crippen LogP contribution is 2.60. The summed E-state index contributed by atoms with van der Waals surface area (Å²) in [6.45, 7) is 2.26. The summed E-state index contributed by atoms with van der Waals surface area (Å²) in [7, 11) is -9.96. The van der Waals surface area contributed by atoms with E-state index in [-0.39, 0.29) is 5.75 Å². The van der Waals surface area contributed by atoms with Gasteiger partial charge in [0, 0.05) is 0 Å². The van der Waals surface area contributed by atoms with Crippen molar-refractivity contribution in [3.05, 3.63) is 0 Å². The van der Waals surface area contributed by atoms with Crippen LogP contribution in [0.15, 0.2) is 0 Å². The summed E-state index contributed by atoms with van der Waals surface area (Å²) in [6.07, 6.45) is 22.6. The van der Waals surface area contributed by atoms with Gasteiger partial charge in [0.1, 0.15) is 11.5 Å². The van der Waals surface area contributed by atoms with E-state index in [1.54, 1.807) is 0 Å². The quantitative estimate of drug-likeness (QED) is 0.0870. The van der Waals surface area contributed by atoms with E-state index in [1.165, 1.54) is 83.5 Å². The lowest BCUT2D eigenvalue weighted by Gasteiger charge is -2.18. The highest BCUT2D eigenvalue weighted by Gasteiger charge is 2.47. The molecular weight excluding hydrogens is 442 g/mol. The summed E-state index contributed by atoms with van der Waals surface area (Å²) >= 11 is 0. The first kappa shape index (κ1) is 30.6. The Balaban J connectivity index is 3.53. The fraction of sp³-hybridized carbons (Fsp3) is 1.00. The Morgan fingerprint density at radius 2 is 0.900 bits per heavy atom. The van der Waals surface area contributed by atoms with E-state index in [2.05, 4.69) is 6.92 Å². The minimum Gasteiger partial charge on any atom is -0.324 e. The first-order valence-electron chi connectivity index (χ1n) is 11.8. The second kappa shape index (κ2) is 18.1. The zero-order chi connectivity index (χ0) is 22.9. The topological polar surface area (TPSA) is 115 Å². The molecule has 0 heterocycles. The summed E-state index contributed by atoms with van der Waals surface area (Å²) in [5.41, 5.74) is 0. The molecule has 6 nitrogen and oxygen atoms in total. The molecule has 0 radical (unpaired) electrons. The van der Waals surface area contributed by atoms with Crippen molar-refractivity contribution >= 4 is 26.1 Å². The average Bonchev–Trinajstić information content (AvgIpc) is 2.64. The Hall–Kier alpha value is 0.650. The molecule has 1 atom stereocenters. The average molecular weight is 490 g/mol. The molecule has 0 aliphatic rings. The van der Waals surface area contributed by atoms with Crippen LogP contribution in [0.25, 0.3) is 0 Å². The van der Waals surface area contributed by atoms with Gasteiger partial charge in [0.2, 0.25) is 5.40 Å². The molecule has 0 aromatic carbocycles. The Morgan fingerprint density at radius 1 is 0.600 bits per heavy atom. The highest BCUT2D eigenvalue weighted by atomic mass is 32.2. The summed E-state index contributed by atoms with van der Waals surface area (Å²) in [5.74, 6) is 0.669. The van der Waals surface area contributed by atoms with Crippen molar-refractivity contribution in [3.8, 4) is 0 Å². The summed E-state index contributed by atoms with van der Waals surface area (Å²) in [4.78, 5) is 36.8.